The van der Waals surface area contributed by atoms with Crippen LogP contribution in [0.3, 0.4) is 0 Å². The topological polar surface area (TPSA) is 92.8 Å². The van der Waals surface area contributed by atoms with Crippen LogP contribution in [0, 0.1) is 0 Å². The third-order valence-corrected chi connectivity index (χ3v) is 6.34. The summed E-state index contributed by atoms with van der Waals surface area (Å²) in [6.45, 7) is 0.380. The van der Waals surface area contributed by atoms with E-state index in [4.69, 9.17) is 16.3 Å². The molecule has 0 bridgehead atoms. The van der Waals surface area contributed by atoms with E-state index >= 15 is 0 Å². The predicted molar refractivity (Wildman–Crippen MR) is 106 cm³/mol. The van der Waals surface area contributed by atoms with E-state index in [-0.39, 0.29) is 34.4 Å². The van der Waals surface area contributed by atoms with Crippen LogP contribution >= 0.6 is 11.6 Å². The minimum atomic E-state index is -3.76. The Morgan fingerprint density at radius 3 is 2.71 bits per heavy atom. The summed E-state index contributed by atoms with van der Waals surface area (Å²) >= 11 is 6.08. The Labute approximate surface area is 168 Å². The first-order valence-corrected chi connectivity index (χ1v) is 10.6. The van der Waals surface area contributed by atoms with Gasteiger partial charge in [0.1, 0.15) is 5.75 Å². The molecule has 28 heavy (non-hydrogen) atoms. The summed E-state index contributed by atoms with van der Waals surface area (Å²) in [6, 6.07) is 11.7. The number of sulfonamides is 1. The molecule has 1 fully saturated rings. The van der Waals surface area contributed by atoms with Gasteiger partial charge in [-0.1, -0.05) is 23.7 Å². The molecule has 1 heterocycles. The van der Waals surface area contributed by atoms with Gasteiger partial charge in [-0.15, -0.1) is 0 Å². The molecule has 9 heteroatoms. The van der Waals surface area contributed by atoms with E-state index < -0.39 is 15.9 Å². The molecule has 0 aromatic heterocycles. The molecule has 2 amide bonds. The van der Waals surface area contributed by atoms with E-state index in [0.29, 0.717) is 17.3 Å². The highest BCUT2D eigenvalue weighted by Crippen LogP contribution is 2.32. The van der Waals surface area contributed by atoms with Gasteiger partial charge in [0.15, 0.2) is 0 Å². The van der Waals surface area contributed by atoms with Crippen LogP contribution in [-0.2, 0) is 21.2 Å². The molecule has 148 valence electrons. The molecule has 7 nitrogen and oxygen atoms in total. The van der Waals surface area contributed by atoms with E-state index in [9.17, 15) is 18.0 Å². The lowest BCUT2D eigenvalue weighted by molar-refractivity contribution is -0.116. The van der Waals surface area contributed by atoms with Crippen molar-refractivity contribution in [3.8, 4) is 5.75 Å². The quantitative estimate of drug-likeness (QED) is 0.771. The number of nitrogens with one attached hydrogen (secondary N) is 1. The van der Waals surface area contributed by atoms with Gasteiger partial charge in [0.2, 0.25) is 15.9 Å². The largest absolute Gasteiger partial charge is 0.497 e. The molecule has 1 N–H and O–H groups in total. The lowest BCUT2D eigenvalue weighted by Gasteiger charge is -2.17. The number of hydrogen-bond donors (Lipinski definition) is 1. The van der Waals surface area contributed by atoms with Crippen LogP contribution in [-0.4, -0.2) is 39.6 Å². The van der Waals surface area contributed by atoms with Gasteiger partial charge in [0, 0.05) is 18.5 Å². The third kappa shape index (κ3) is 4.28. The maximum absolute atomic E-state index is 12.4. The number of hydrogen-bond acceptors (Lipinski definition) is 5. The van der Waals surface area contributed by atoms with Crippen molar-refractivity contribution < 1.29 is 22.7 Å². The molecule has 1 aliphatic heterocycles. The van der Waals surface area contributed by atoms with Gasteiger partial charge in [-0.2, -0.15) is 0 Å². The lowest BCUT2D eigenvalue weighted by atomic mass is 10.1. The zero-order valence-corrected chi connectivity index (χ0v) is 16.7. The number of methoxy groups -OCH3 is 1. The molecule has 1 aliphatic rings. The fourth-order valence-corrected chi connectivity index (χ4v) is 4.63. The van der Waals surface area contributed by atoms with E-state index in [1.165, 1.54) is 18.2 Å². The van der Waals surface area contributed by atoms with Gasteiger partial charge in [0.25, 0.3) is 5.91 Å². The molecule has 0 saturated carbocycles. The van der Waals surface area contributed by atoms with E-state index in [2.05, 4.69) is 5.32 Å². The first kappa shape index (κ1) is 20.2. The van der Waals surface area contributed by atoms with Crippen LogP contribution in [0.2, 0.25) is 5.02 Å². The van der Waals surface area contributed by atoms with Gasteiger partial charge in [-0.05, 0) is 42.3 Å². The summed E-state index contributed by atoms with van der Waals surface area (Å²) in [5, 5.41) is 2.87. The number of nitrogens with zero attached hydrogens (tertiary/aromatic N) is 1. The Bertz CT molecular complexity index is 1020. The Morgan fingerprint density at radius 2 is 2.04 bits per heavy atom. The first-order valence-electron chi connectivity index (χ1n) is 8.58. The fourth-order valence-electron chi connectivity index (χ4n) is 2.91. The summed E-state index contributed by atoms with van der Waals surface area (Å²) in [5.74, 6) is -0.468. The highest BCUT2D eigenvalue weighted by molar-refractivity contribution is 7.94. The zero-order chi connectivity index (χ0) is 20.3. The van der Waals surface area contributed by atoms with Crippen molar-refractivity contribution in [2.24, 2.45) is 0 Å². The van der Waals surface area contributed by atoms with Crippen molar-refractivity contribution in [1.29, 1.82) is 0 Å². The Morgan fingerprint density at radius 1 is 1.25 bits per heavy atom. The molecule has 0 aliphatic carbocycles. The lowest BCUT2D eigenvalue weighted by Crippen LogP contribution is -2.30. The summed E-state index contributed by atoms with van der Waals surface area (Å²) in [7, 11) is -2.17. The maximum atomic E-state index is 12.4. The average molecular weight is 423 g/mol. The molecule has 2 aromatic rings. The Hall–Kier alpha value is -2.58. The van der Waals surface area contributed by atoms with Crippen molar-refractivity contribution >= 4 is 39.1 Å². The number of rotatable bonds is 6. The van der Waals surface area contributed by atoms with Gasteiger partial charge in [0.05, 0.1) is 23.6 Å². The standard InChI is InChI=1S/C19H19ClN2O5S/c1-27-15-4-2-3-13(11-15)7-9-21-19(24)14-5-6-16(20)17(12-14)22-18(23)8-10-28(22,25)26/h2-6,11-12H,7-10H2,1H3,(H,21,24). The van der Waals surface area contributed by atoms with Crippen molar-refractivity contribution in [3.63, 3.8) is 0 Å². The number of anilines is 1. The van der Waals surface area contributed by atoms with E-state index in [1.807, 2.05) is 24.3 Å². The van der Waals surface area contributed by atoms with E-state index in [0.717, 1.165) is 11.3 Å². The summed E-state index contributed by atoms with van der Waals surface area (Å²) in [4.78, 5) is 24.4. The van der Waals surface area contributed by atoms with Crippen LogP contribution < -0.4 is 14.4 Å². The molecule has 3 rings (SSSR count). The van der Waals surface area contributed by atoms with Crippen LogP contribution in [0.15, 0.2) is 42.5 Å². The highest BCUT2D eigenvalue weighted by atomic mass is 35.5. The van der Waals surface area contributed by atoms with Gasteiger partial charge >= 0.3 is 0 Å². The average Bonchev–Trinajstić information content (AvgIpc) is 2.95. The molecule has 0 unspecified atom stereocenters. The van der Waals surface area contributed by atoms with Crippen molar-refractivity contribution in [1.82, 2.24) is 5.32 Å². The van der Waals surface area contributed by atoms with Gasteiger partial charge in [-0.25, -0.2) is 12.7 Å². The Kier molecular flexibility index (Phi) is 5.90. The molecule has 0 radical (unpaired) electrons. The molecular formula is C19H19ClN2O5S. The fraction of sp³-hybridized carbons (Fsp3) is 0.263. The summed E-state index contributed by atoms with van der Waals surface area (Å²) < 4.78 is 30.1. The normalized spacial score (nSPS) is 15.5. The molecule has 0 spiro atoms. The second kappa shape index (κ2) is 8.20. The number of carbonyl (C=O) groups is 2. The number of benzene rings is 2. The third-order valence-electron chi connectivity index (χ3n) is 4.34. The van der Waals surface area contributed by atoms with Gasteiger partial charge < -0.3 is 10.1 Å². The van der Waals surface area contributed by atoms with Crippen LogP contribution in [0.4, 0.5) is 5.69 Å². The monoisotopic (exact) mass is 422 g/mol. The maximum Gasteiger partial charge on any atom is 0.251 e. The number of carbonyl (C=O) groups excluding carboxylic acids is 2. The molecular weight excluding hydrogens is 404 g/mol. The molecule has 1 saturated heterocycles. The predicted octanol–water partition coefficient (Wildman–Crippen LogP) is 2.39. The number of amides is 2. The van der Waals surface area contributed by atoms with Crippen molar-refractivity contribution in [2.45, 2.75) is 12.8 Å². The summed E-state index contributed by atoms with van der Waals surface area (Å²) in [6.07, 6.45) is 0.498. The Balaban J connectivity index is 1.71. The molecule has 2 aromatic carbocycles. The van der Waals surface area contributed by atoms with Crippen molar-refractivity contribution in [2.75, 3.05) is 23.7 Å². The van der Waals surface area contributed by atoms with Gasteiger partial charge in [-0.3, -0.25) is 9.59 Å². The first-order chi connectivity index (χ1) is 13.3. The molecule has 0 atom stereocenters. The smallest absolute Gasteiger partial charge is 0.251 e. The second-order valence-electron chi connectivity index (χ2n) is 6.25. The van der Waals surface area contributed by atoms with Crippen LogP contribution in [0.25, 0.3) is 0 Å². The van der Waals surface area contributed by atoms with E-state index in [1.54, 1.807) is 7.11 Å². The second-order valence-corrected chi connectivity index (χ2v) is 8.59. The number of ether oxygens (including phenoxy) is 1. The zero-order valence-electron chi connectivity index (χ0n) is 15.1. The van der Waals surface area contributed by atoms with Crippen molar-refractivity contribution in [3.05, 3.63) is 58.6 Å². The highest BCUT2D eigenvalue weighted by Gasteiger charge is 2.37. The minimum absolute atomic E-state index is 0.00427. The number of halogens is 1. The summed E-state index contributed by atoms with van der Waals surface area (Å²) in [5.41, 5.74) is 1.23. The van der Waals surface area contributed by atoms with Crippen LogP contribution in [0.5, 0.6) is 5.75 Å². The van der Waals surface area contributed by atoms with Crippen LogP contribution in [0.1, 0.15) is 22.3 Å². The minimum Gasteiger partial charge on any atom is -0.497 e. The SMILES string of the molecule is COc1cccc(CCNC(=O)c2ccc(Cl)c(N3C(=O)CCS3(=O)=O)c2)c1.